The van der Waals surface area contributed by atoms with Crippen LogP contribution in [0.1, 0.15) is 101 Å². The van der Waals surface area contributed by atoms with Gasteiger partial charge >= 0.3 is 0 Å². The largest absolute Gasteiger partial charge is 0.207 e. The Morgan fingerprint density at radius 1 is 0.692 bits per heavy atom. The molecule has 0 saturated heterocycles. The number of aryl methyl sites for hydroxylation is 1. The lowest BCUT2D eigenvalue weighted by atomic mass is 9.78. The van der Waals surface area contributed by atoms with Crippen LogP contribution in [0.3, 0.4) is 0 Å². The standard InChI is InChI=1S/C36H43F3/c1-3-5-6-7-8-9-10-11-12-30-21-24-33(36(39)35(30)38)29-19-17-27(18-20-29)31-22-23-32(34(37)25-31)28-15-13-26(4-2)14-16-28/h4,17-26,28H,2-3,5-16H2,1H3. The van der Waals surface area contributed by atoms with E-state index in [0.29, 0.717) is 23.5 Å². The maximum atomic E-state index is 15.1. The molecule has 0 aliphatic heterocycles. The van der Waals surface area contributed by atoms with E-state index in [2.05, 4.69) is 13.5 Å². The molecule has 1 saturated carbocycles. The van der Waals surface area contributed by atoms with Crippen LogP contribution in [0.2, 0.25) is 0 Å². The summed E-state index contributed by atoms with van der Waals surface area (Å²) in [5, 5.41) is 0. The van der Waals surface area contributed by atoms with Gasteiger partial charge in [-0.15, -0.1) is 6.58 Å². The Bertz CT molecular complexity index is 1200. The van der Waals surface area contributed by atoms with Crippen LogP contribution in [0, 0.1) is 23.4 Å². The first-order chi connectivity index (χ1) is 19.0. The fourth-order valence-corrected chi connectivity index (χ4v) is 6.00. The van der Waals surface area contributed by atoms with Crippen LogP contribution in [-0.4, -0.2) is 0 Å². The Morgan fingerprint density at radius 3 is 1.95 bits per heavy atom. The van der Waals surface area contributed by atoms with Crippen molar-refractivity contribution in [2.45, 2.75) is 96.3 Å². The number of unbranched alkanes of at least 4 members (excludes halogenated alkanes) is 7. The fourth-order valence-electron chi connectivity index (χ4n) is 6.00. The minimum absolute atomic E-state index is 0.168. The fraction of sp³-hybridized carbons (Fsp3) is 0.444. The van der Waals surface area contributed by atoms with E-state index in [-0.39, 0.29) is 17.3 Å². The number of hydrogen-bond acceptors (Lipinski definition) is 0. The van der Waals surface area contributed by atoms with E-state index in [1.807, 2.05) is 30.3 Å². The number of halogens is 3. The van der Waals surface area contributed by atoms with Crippen LogP contribution in [-0.2, 0) is 6.42 Å². The van der Waals surface area contributed by atoms with Crippen molar-refractivity contribution in [1.82, 2.24) is 0 Å². The second-order valence-electron chi connectivity index (χ2n) is 11.3. The Balaban J connectivity index is 1.36. The van der Waals surface area contributed by atoms with Crippen LogP contribution in [0.4, 0.5) is 13.2 Å². The molecule has 0 spiro atoms. The lowest BCUT2D eigenvalue weighted by molar-refractivity contribution is 0.369. The van der Waals surface area contributed by atoms with Gasteiger partial charge in [-0.05, 0) is 84.2 Å². The summed E-state index contributed by atoms with van der Waals surface area (Å²) in [6, 6.07) is 16.2. The van der Waals surface area contributed by atoms with Crippen molar-refractivity contribution in [3.05, 3.63) is 95.8 Å². The molecule has 0 unspecified atom stereocenters. The number of benzene rings is 3. The highest BCUT2D eigenvalue weighted by Crippen LogP contribution is 2.38. The van der Waals surface area contributed by atoms with Crippen molar-refractivity contribution in [3.63, 3.8) is 0 Å². The number of rotatable bonds is 13. The zero-order chi connectivity index (χ0) is 27.6. The number of hydrogen-bond donors (Lipinski definition) is 0. The molecule has 4 rings (SSSR count). The quantitative estimate of drug-likeness (QED) is 0.152. The average molecular weight is 533 g/mol. The molecule has 3 aromatic carbocycles. The molecular weight excluding hydrogens is 489 g/mol. The van der Waals surface area contributed by atoms with Gasteiger partial charge in [-0.1, -0.05) is 106 Å². The minimum atomic E-state index is -0.790. The van der Waals surface area contributed by atoms with E-state index in [9.17, 15) is 4.39 Å². The molecule has 1 aliphatic carbocycles. The van der Waals surface area contributed by atoms with Gasteiger partial charge < -0.3 is 0 Å². The Labute approximate surface area is 233 Å². The summed E-state index contributed by atoms with van der Waals surface area (Å²) in [7, 11) is 0. The molecule has 0 N–H and O–H groups in total. The van der Waals surface area contributed by atoms with Crippen molar-refractivity contribution >= 4 is 0 Å². The molecule has 0 amide bonds. The molecule has 0 radical (unpaired) electrons. The first kappa shape index (κ1) is 29.2. The summed E-state index contributed by atoms with van der Waals surface area (Å²) in [6.07, 6.45) is 16.1. The predicted molar refractivity (Wildman–Crippen MR) is 158 cm³/mol. The van der Waals surface area contributed by atoms with Crippen molar-refractivity contribution in [2.75, 3.05) is 0 Å². The smallest absolute Gasteiger partial charge is 0.166 e. The van der Waals surface area contributed by atoms with Crippen molar-refractivity contribution < 1.29 is 13.2 Å². The third kappa shape index (κ3) is 7.65. The highest BCUT2D eigenvalue weighted by molar-refractivity contribution is 5.71. The lowest BCUT2D eigenvalue weighted by Crippen LogP contribution is -2.12. The molecule has 1 fully saturated rings. The maximum Gasteiger partial charge on any atom is 0.166 e. The van der Waals surface area contributed by atoms with Gasteiger partial charge in [0.15, 0.2) is 11.6 Å². The van der Waals surface area contributed by atoms with Crippen LogP contribution in [0.5, 0.6) is 0 Å². The third-order valence-corrected chi connectivity index (χ3v) is 8.54. The minimum Gasteiger partial charge on any atom is -0.207 e. The first-order valence-corrected chi connectivity index (χ1v) is 15.0. The van der Waals surface area contributed by atoms with Gasteiger partial charge in [-0.3, -0.25) is 0 Å². The van der Waals surface area contributed by atoms with Gasteiger partial charge in [0, 0.05) is 5.56 Å². The van der Waals surface area contributed by atoms with E-state index in [0.717, 1.165) is 61.6 Å². The summed E-state index contributed by atoms with van der Waals surface area (Å²) in [4.78, 5) is 0. The van der Waals surface area contributed by atoms with Gasteiger partial charge in [-0.25, -0.2) is 13.2 Å². The molecule has 0 aromatic heterocycles. The van der Waals surface area contributed by atoms with Crippen molar-refractivity contribution in [2.24, 2.45) is 5.92 Å². The molecule has 39 heavy (non-hydrogen) atoms. The zero-order valence-electron chi connectivity index (χ0n) is 23.5. The molecule has 1 aliphatic rings. The second-order valence-corrected chi connectivity index (χ2v) is 11.3. The molecule has 0 nitrogen and oxygen atoms in total. The monoisotopic (exact) mass is 532 g/mol. The first-order valence-electron chi connectivity index (χ1n) is 15.0. The van der Waals surface area contributed by atoms with Gasteiger partial charge in [0.2, 0.25) is 0 Å². The van der Waals surface area contributed by atoms with E-state index in [4.69, 9.17) is 0 Å². The molecule has 0 atom stereocenters. The highest BCUT2D eigenvalue weighted by Gasteiger charge is 2.23. The topological polar surface area (TPSA) is 0 Å². The van der Waals surface area contributed by atoms with Gasteiger partial charge in [0.1, 0.15) is 5.82 Å². The van der Waals surface area contributed by atoms with Crippen LogP contribution in [0.15, 0.2) is 67.3 Å². The van der Waals surface area contributed by atoms with E-state index in [1.165, 1.54) is 32.1 Å². The van der Waals surface area contributed by atoms with E-state index >= 15 is 8.78 Å². The summed E-state index contributed by atoms with van der Waals surface area (Å²) < 4.78 is 44.9. The maximum absolute atomic E-state index is 15.1. The lowest BCUT2D eigenvalue weighted by Gasteiger charge is -2.27. The summed E-state index contributed by atoms with van der Waals surface area (Å²) in [5.74, 6) is -0.889. The zero-order valence-corrected chi connectivity index (χ0v) is 23.5. The summed E-state index contributed by atoms with van der Waals surface area (Å²) in [6.45, 7) is 6.11. The molecule has 208 valence electrons. The molecule has 3 aromatic rings. The third-order valence-electron chi connectivity index (χ3n) is 8.54. The van der Waals surface area contributed by atoms with Crippen LogP contribution < -0.4 is 0 Å². The average Bonchev–Trinajstić information content (AvgIpc) is 2.97. The van der Waals surface area contributed by atoms with Gasteiger partial charge in [0.25, 0.3) is 0 Å². The SMILES string of the molecule is C=CC1CCC(c2ccc(-c3ccc(-c4ccc(CCCCCCCCCC)c(F)c4F)cc3)cc2F)CC1. The number of allylic oxidation sites excluding steroid dienone is 1. The van der Waals surface area contributed by atoms with Crippen LogP contribution >= 0.6 is 0 Å². The van der Waals surface area contributed by atoms with Crippen molar-refractivity contribution in [1.29, 1.82) is 0 Å². The van der Waals surface area contributed by atoms with E-state index in [1.54, 1.807) is 30.3 Å². The summed E-state index contributed by atoms with van der Waals surface area (Å²) >= 11 is 0. The molecule has 0 heterocycles. The van der Waals surface area contributed by atoms with Crippen LogP contribution in [0.25, 0.3) is 22.3 Å². The Hall–Kier alpha value is -2.81. The van der Waals surface area contributed by atoms with Gasteiger partial charge in [-0.2, -0.15) is 0 Å². The molecule has 3 heteroatoms. The predicted octanol–water partition coefficient (Wildman–Crippen LogP) is 11.6. The molecule has 0 bridgehead atoms. The Kier molecular flexibility index (Phi) is 10.9. The second kappa shape index (κ2) is 14.5. The Morgan fingerprint density at radius 2 is 1.31 bits per heavy atom. The van der Waals surface area contributed by atoms with E-state index < -0.39 is 11.6 Å². The van der Waals surface area contributed by atoms with Crippen molar-refractivity contribution in [3.8, 4) is 22.3 Å². The normalized spacial score (nSPS) is 17.3. The summed E-state index contributed by atoms with van der Waals surface area (Å²) in [5.41, 5.74) is 3.76. The molecular formula is C36H43F3. The highest BCUT2D eigenvalue weighted by atomic mass is 19.2. The van der Waals surface area contributed by atoms with Gasteiger partial charge in [0.05, 0.1) is 0 Å².